The SMILES string of the molecule is CB(O)N1C2CCCC1[C@@H](F)[C@H](O)C2. The molecule has 2 aliphatic rings. The van der Waals surface area contributed by atoms with Crippen molar-refractivity contribution >= 4 is 7.05 Å². The van der Waals surface area contributed by atoms with Gasteiger partial charge in [0.2, 0.25) is 0 Å². The van der Waals surface area contributed by atoms with Crippen LogP contribution in [0.15, 0.2) is 0 Å². The molecule has 0 saturated carbocycles. The fraction of sp³-hybridized carbons (Fsp3) is 1.00. The highest BCUT2D eigenvalue weighted by atomic mass is 19.1. The summed E-state index contributed by atoms with van der Waals surface area (Å²) in [7, 11) is -0.601. The van der Waals surface area contributed by atoms with Gasteiger partial charge in [-0.3, -0.25) is 0 Å². The maximum Gasteiger partial charge on any atom is 0.376 e. The van der Waals surface area contributed by atoms with Gasteiger partial charge in [0.15, 0.2) is 0 Å². The standard InChI is InChI=1S/C9H17BFNO2/c1-10(14)12-6-3-2-4-7(12)9(11)8(13)5-6/h6-9,13-14H,2-5H2,1H3/t6?,7?,8-,9-/m1/s1. The Hall–Kier alpha value is -0.125. The first-order valence-corrected chi connectivity index (χ1v) is 5.39. The molecule has 5 heteroatoms. The zero-order chi connectivity index (χ0) is 10.3. The van der Waals surface area contributed by atoms with E-state index >= 15 is 0 Å². The molecule has 14 heavy (non-hydrogen) atoms. The van der Waals surface area contributed by atoms with Gasteiger partial charge in [-0.15, -0.1) is 0 Å². The van der Waals surface area contributed by atoms with Crippen LogP contribution in [0.3, 0.4) is 0 Å². The molecule has 2 N–H and O–H groups in total. The molecule has 80 valence electrons. The second kappa shape index (κ2) is 3.79. The Bertz CT molecular complexity index is 217. The van der Waals surface area contributed by atoms with Crippen molar-refractivity contribution in [2.45, 2.75) is 56.9 Å². The van der Waals surface area contributed by atoms with Gasteiger partial charge in [-0.05, 0) is 26.1 Å². The summed E-state index contributed by atoms with van der Waals surface area (Å²) in [6.07, 6.45) is 1.15. The van der Waals surface area contributed by atoms with E-state index in [0.29, 0.717) is 6.42 Å². The van der Waals surface area contributed by atoms with Gasteiger partial charge in [0.25, 0.3) is 0 Å². The second-order valence-electron chi connectivity index (χ2n) is 4.48. The normalized spacial score (nSPS) is 43.7. The molecular formula is C9H17BFNO2. The Kier molecular flexibility index (Phi) is 2.82. The minimum atomic E-state index is -1.19. The fourth-order valence-corrected chi connectivity index (χ4v) is 2.94. The third-order valence-corrected chi connectivity index (χ3v) is 3.52. The van der Waals surface area contributed by atoms with E-state index in [1.165, 1.54) is 0 Å². The summed E-state index contributed by atoms with van der Waals surface area (Å²) in [4.78, 5) is 1.83. The molecule has 0 aromatic heterocycles. The lowest BCUT2D eigenvalue weighted by molar-refractivity contribution is -0.0550. The van der Waals surface area contributed by atoms with Gasteiger partial charge < -0.3 is 14.9 Å². The molecule has 2 bridgehead atoms. The molecule has 2 unspecified atom stereocenters. The predicted molar refractivity (Wildman–Crippen MR) is 52.6 cm³/mol. The summed E-state index contributed by atoms with van der Waals surface area (Å²) in [5.41, 5.74) is 0. The third-order valence-electron chi connectivity index (χ3n) is 3.52. The van der Waals surface area contributed by atoms with Gasteiger partial charge >= 0.3 is 7.05 Å². The van der Waals surface area contributed by atoms with Crippen LogP contribution in [0.5, 0.6) is 0 Å². The lowest BCUT2D eigenvalue weighted by atomic mass is 9.71. The lowest BCUT2D eigenvalue weighted by Crippen LogP contribution is -2.63. The molecule has 0 aliphatic carbocycles. The molecule has 4 atom stereocenters. The highest BCUT2D eigenvalue weighted by molar-refractivity contribution is 6.45. The smallest absolute Gasteiger partial charge is 0.376 e. The molecule has 3 nitrogen and oxygen atoms in total. The first kappa shape index (κ1) is 10.4. The van der Waals surface area contributed by atoms with Crippen LogP contribution in [0.2, 0.25) is 6.82 Å². The third kappa shape index (κ3) is 1.57. The molecule has 0 radical (unpaired) electrons. The maximum absolute atomic E-state index is 13.7. The number of rotatable bonds is 1. The average molecular weight is 201 g/mol. The minimum absolute atomic E-state index is 0.163. The average Bonchev–Trinajstić information content (AvgIpc) is 2.14. The number of aliphatic hydroxyl groups excluding tert-OH is 1. The van der Waals surface area contributed by atoms with Crippen molar-refractivity contribution in [2.24, 2.45) is 0 Å². The summed E-state index contributed by atoms with van der Waals surface area (Å²) < 4.78 is 13.7. The number of hydrogen-bond acceptors (Lipinski definition) is 3. The number of nitrogens with zero attached hydrogens (tertiary/aromatic N) is 1. The molecule has 0 spiro atoms. The number of halogens is 1. The lowest BCUT2D eigenvalue weighted by Gasteiger charge is -2.50. The Labute approximate surface area is 84.0 Å². The molecule has 0 aromatic carbocycles. The van der Waals surface area contributed by atoms with Crippen LogP contribution in [0, 0.1) is 0 Å². The monoisotopic (exact) mass is 201 g/mol. The van der Waals surface area contributed by atoms with Crippen LogP contribution in [0.4, 0.5) is 4.39 Å². The van der Waals surface area contributed by atoms with E-state index in [-0.39, 0.29) is 12.1 Å². The number of fused-ring (bicyclic) bond motifs is 2. The van der Waals surface area contributed by atoms with Gasteiger partial charge in [-0.1, -0.05) is 6.42 Å². The molecule has 2 aliphatic heterocycles. The molecule has 2 rings (SSSR count). The van der Waals surface area contributed by atoms with E-state index in [4.69, 9.17) is 0 Å². The zero-order valence-corrected chi connectivity index (χ0v) is 8.43. The maximum atomic E-state index is 13.7. The van der Waals surface area contributed by atoms with Crippen molar-refractivity contribution in [1.82, 2.24) is 4.81 Å². The van der Waals surface area contributed by atoms with Crippen molar-refractivity contribution in [3.05, 3.63) is 0 Å². The van der Waals surface area contributed by atoms with E-state index in [0.717, 1.165) is 19.3 Å². The van der Waals surface area contributed by atoms with Gasteiger partial charge in [0, 0.05) is 12.1 Å². The second-order valence-corrected chi connectivity index (χ2v) is 4.48. The van der Waals surface area contributed by atoms with Crippen LogP contribution >= 0.6 is 0 Å². The quantitative estimate of drug-likeness (QED) is 0.604. The van der Waals surface area contributed by atoms with Gasteiger partial charge in [0.1, 0.15) is 6.17 Å². The molecule has 2 saturated heterocycles. The molecule has 2 heterocycles. The molecular weight excluding hydrogens is 184 g/mol. The van der Waals surface area contributed by atoms with Gasteiger partial charge in [-0.2, -0.15) is 0 Å². The van der Waals surface area contributed by atoms with Crippen molar-refractivity contribution in [3.8, 4) is 0 Å². The Morgan fingerprint density at radius 3 is 2.79 bits per heavy atom. The van der Waals surface area contributed by atoms with Crippen molar-refractivity contribution in [1.29, 1.82) is 0 Å². The van der Waals surface area contributed by atoms with E-state index in [9.17, 15) is 14.5 Å². The first-order chi connectivity index (χ1) is 6.61. The van der Waals surface area contributed by atoms with Crippen LogP contribution in [-0.4, -0.2) is 46.4 Å². The molecule has 0 amide bonds. The van der Waals surface area contributed by atoms with Crippen LogP contribution in [-0.2, 0) is 0 Å². The van der Waals surface area contributed by atoms with Gasteiger partial charge in [0.05, 0.1) is 6.10 Å². The summed E-state index contributed by atoms with van der Waals surface area (Å²) in [5, 5.41) is 19.1. The topological polar surface area (TPSA) is 43.7 Å². The number of piperidine rings is 2. The van der Waals surface area contributed by atoms with Crippen LogP contribution in [0.1, 0.15) is 25.7 Å². The van der Waals surface area contributed by atoms with E-state index < -0.39 is 19.3 Å². The summed E-state index contributed by atoms with van der Waals surface area (Å²) in [6, 6.07) is -0.117. The zero-order valence-electron chi connectivity index (χ0n) is 8.43. The number of alkyl halides is 1. The Morgan fingerprint density at radius 2 is 2.14 bits per heavy atom. The van der Waals surface area contributed by atoms with E-state index in [2.05, 4.69) is 0 Å². The van der Waals surface area contributed by atoms with Crippen molar-refractivity contribution < 1.29 is 14.5 Å². The predicted octanol–water partition coefficient (Wildman–Crippen LogP) is 0.422. The largest absolute Gasteiger partial charge is 0.437 e. The minimum Gasteiger partial charge on any atom is -0.437 e. The van der Waals surface area contributed by atoms with Crippen LogP contribution < -0.4 is 0 Å². The van der Waals surface area contributed by atoms with Crippen LogP contribution in [0.25, 0.3) is 0 Å². The summed E-state index contributed by atoms with van der Waals surface area (Å²) in [6.45, 7) is 1.68. The highest BCUT2D eigenvalue weighted by Crippen LogP contribution is 2.35. The Morgan fingerprint density at radius 1 is 1.43 bits per heavy atom. The van der Waals surface area contributed by atoms with Crippen molar-refractivity contribution in [2.75, 3.05) is 0 Å². The molecule has 0 aromatic rings. The fourth-order valence-electron chi connectivity index (χ4n) is 2.94. The number of hydrogen-bond donors (Lipinski definition) is 2. The summed E-state index contributed by atoms with van der Waals surface area (Å²) >= 11 is 0. The van der Waals surface area contributed by atoms with E-state index in [1.54, 1.807) is 6.82 Å². The summed E-state index contributed by atoms with van der Waals surface area (Å²) in [5.74, 6) is 0. The van der Waals surface area contributed by atoms with Crippen molar-refractivity contribution in [3.63, 3.8) is 0 Å². The molecule has 2 fully saturated rings. The van der Waals surface area contributed by atoms with Gasteiger partial charge in [-0.25, -0.2) is 4.39 Å². The highest BCUT2D eigenvalue weighted by Gasteiger charge is 2.46. The number of aliphatic hydroxyl groups is 1. The Balaban J connectivity index is 2.18. The van der Waals surface area contributed by atoms with E-state index in [1.807, 2.05) is 4.81 Å². The first-order valence-electron chi connectivity index (χ1n) is 5.39.